The average molecular weight is 341 g/mol. The summed E-state index contributed by atoms with van der Waals surface area (Å²) in [5.74, 6) is -1.96. The summed E-state index contributed by atoms with van der Waals surface area (Å²) >= 11 is 1.14. The van der Waals surface area contributed by atoms with Gasteiger partial charge in [-0.25, -0.2) is 18.2 Å². The zero-order valence-corrected chi connectivity index (χ0v) is 8.91. The van der Waals surface area contributed by atoms with Gasteiger partial charge in [-0.3, -0.25) is 0 Å². The maximum absolute atomic E-state index is 13.0. The first-order valence-electron chi connectivity index (χ1n) is 3.44. The van der Waals surface area contributed by atoms with E-state index in [0.717, 1.165) is 22.6 Å². The number of pyridine rings is 1. The Morgan fingerprint density at radius 3 is 2.20 bits per heavy atom. The third-order valence-corrected chi connectivity index (χ3v) is 2.33. The van der Waals surface area contributed by atoms with E-state index in [9.17, 15) is 26.3 Å². The summed E-state index contributed by atoms with van der Waals surface area (Å²) in [6.45, 7) is 0. The van der Waals surface area contributed by atoms with Crippen molar-refractivity contribution >= 4 is 22.6 Å². The molecule has 1 nitrogen and oxygen atoms in total. The maximum atomic E-state index is 13.0. The van der Waals surface area contributed by atoms with Crippen LogP contribution in [0.5, 0.6) is 0 Å². The number of alkyl halides is 5. The quantitative estimate of drug-likeness (QED) is 0.430. The number of halogens is 7. The molecule has 0 saturated heterocycles. The highest BCUT2D eigenvalue weighted by molar-refractivity contribution is 14.1. The Morgan fingerprint density at radius 1 is 1.27 bits per heavy atom. The molecule has 0 N–H and O–H groups in total. The third-order valence-electron chi connectivity index (χ3n) is 1.51. The molecule has 0 bridgehead atoms. The van der Waals surface area contributed by atoms with E-state index >= 15 is 0 Å². The van der Waals surface area contributed by atoms with Crippen LogP contribution in [-0.4, -0.2) is 4.98 Å². The summed E-state index contributed by atoms with van der Waals surface area (Å²) in [6, 6.07) is 0. The number of hydrogen-bond donors (Lipinski definition) is 0. The molecular formula is C7H2F6IN. The zero-order chi connectivity index (χ0) is 11.8. The van der Waals surface area contributed by atoms with Crippen molar-refractivity contribution in [2.45, 2.75) is 12.6 Å². The van der Waals surface area contributed by atoms with Gasteiger partial charge >= 0.3 is 6.18 Å². The fraction of sp³-hybridized carbons (Fsp3) is 0.286. The number of aromatic nitrogens is 1. The van der Waals surface area contributed by atoms with Gasteiger partial charge in [0.15, 0.2) is 0 Å². The summed E-state index contributed by atoms with van der Waals surface area (Å²) in [5, 5.41) is 0. The van der Waals surface area contributed by atoms with Crippen molar-refractivity contribution in [1.82, 2.24) is 4.98 Å². The third kappa shape index (κ3) is 2.52. The molecule has 15 heavy (non-hydrogen) atoms. The van der Waals surface area contributed by atoms with E-state index in [4.69, 9.17) is 0 Å². The molecule has 0 aliphatic carbocycles. The van der Waals surface area contributed by atoms with Crippen molar-refractivity contribution in [3.63, 3.8) is 0 Å². The zero-order valence-electron chi connectivity index (χ0n) is 6.75. The fourth-order valence-electron chi connectivity index (χ4n) is 0.876. The van der Waals surface area contributed by atoms with Gasteiger partial charge in [-0.1, -0.05) is 0 Å². The molecular weight excluding hydrogens is 339 g/mol. The molecule has 1 heterocycles. The molecule has 0 saturated carbocycles. The Bertz CT molecular complexity index is 374. The van der Waals surface area contributed by atoms with Crippen LogP contribution >= 0.6 is 22.6 Å². The first-order chi connectivity index (χ1) is 6.75. The molecule has 0 radical (unpaired) electrons. The first kappa shape index (κ1) is 12.5. The Kier molecular flexibility index (Phi) is 3.46. The SMILES string of the molecule is Fc1c(C(F)F)cnc(I)c1C(F)(F)F. The molecule has 8 heteroatoms. The lowest BCUT2D eigenvalue weighted by atomic mass is 10.2. The van der Waals surface area contributed by atoms with Crippen LogP contribution in [0.1, 0.15) is 17.6 Å². The van der Waals surface area contributed by atoms with Crippen molar-refractivity contribution in [2.75, 3.05) is 0 Å². The molecule has 0 aromatic carbocycles. The van der Waals surface area contributed by atoms with E-state index in [1.54, 1.807) is 0 Å². The Labute approximate surface area is 93.6 Å². The lowest BCUT2D eigenvalue weighted by Gasteiger charge is -2.11. The highest BCUT2D eigenvalue weighted by Gasteiger charge is 2.39. The average Bonchev–Trinajstić information content (AvgIpc) is 2.00. The van der Waals surface area contributed by atoms with E-state index in [-0.39, 0.29) is 0 Å². The van der Waals surface area contributed by atoms with Gasteiger partial charge in [0.25, 0.3) is 6.43 Å². The Hall–Kier alpha value is -0.540. The molecule has 0 aliphatic rings. The van der Waals surface area contributed by atoms with Gasteiger partial charge in [0.2, 0.25) is 0 Å². The lowest BCUT2D eigenvalue weighted by molar-refractivity contribution is -0.141. The summed E-state index contributed by atoms with van der Waals surface area (Å²) in [6.07, 6.45) is -7.95. The van der Waals surface area contributed by atoms with Crippen LogP contribution in [0.25, 0.3) is 0 Å². The lowest BCUT2D eigenvalue weighted by Crippen LogP contribution is -2.14. The van der Waals surface area contributed by atoms with Crippen LogP contribution < -0.4 is 0 Å². The van der Waals surface area contributed by atoms with Crippen molar-refractivity contribution in [3.8, 4) is 0 Å². The topological polar surface area (TPSA) is 12.9 Å². The van der Waals surface area contributed by atoms with E-state index in [1.165, 1.54) is 0 Å². The van der Waals surface area contributed by atoms with Crippen molar-refractivity contribution in [1.29, 1.82) is 0 Å². The van der Waals surface area contributed by atoms with Gasteiger partial charge in [0.1, 0.15) is 15.1 Å². The van der Waals surface area contributed by atoms with Crippen LogP contribution in [0, 0.1) is 9.52 Å². The van der Waals surface area contributed by atoms with Gasteiger partial charge < -0.3 is 0 Å². The van der Waals surface area contributed by atoms with Crippen LogP contribution in [0.3, 0.4) is 0 Å². The van der Waals surface area contributed by atoms with Crippen molar-refractivity contribution < 1.29 is 26.3 Å². The van der Waals surface area contributed by atoms with E-state index in [2.05, 4.69) is 4.98 Å². The van der Waals surface area contributed by atoms with Gasteiger partial charge in [0, 0.05) is 6.20 Å². The minimum Gasteiger partial charge on any atom is -0.249 e. The highest BCUT2D eigenvalue weighted by Crippen LogP contribution is 2.36. The summed E-state index contributed by atoms with van der Waals surface area (Å²) in [7, 11) is 0. The Morgan fingerprint density at radius 2 is 1.80 bits per heavy atom. The van der Waals surface area contributed by atoms with Crippen molar-refractivity contribution in [3.05, 3.63) is 26.8 Å². The van der Waals surface area contributed by atoms with E-state index in [1.807, 2.05) is 0 Å². The van der Waals surface area contributed by atoms with E-state index in [0.29, 0.717) is 6.20 Å². The summed E-state index contributed by atoms with van der Waals surface area (Å²) < 4.78 is 73.2. The van der Waals surface area contributed by atoms with Gasteiger partial charge in [-0.05, 0) is 22.6 Å². The second kappa shape index (κ2) is 4.14. The largest absolute Gasteiger partial charge is 0.421 e. The van der Waals surface area contributed by atoms with Crippen molar-refractivity contribution in [2.24, 2.45) is 0 Å². The standard InChI is InChI=1S/C7H2F6IN/c8-4-2(5(9)10)1-15-6(14)3(4)7(11,12)13/h1,5H. The smallest absolute Gasteiger partial charge is 0.249 e. The fourth-order valence-corrected chi connectivity index (χ4v) is 1.56. The minimum absolute atomic E-state index is 0.400. The normalized spacial score (nSPS) is 12.3. The number of rotatable bonds is 1. The molecule has 0 atom stereocenters. The molecule has 1 rings (SSSR count). The Balaban J connectivity index is 3.44. The molecule has 0 spiro atoms. The predicted molar refractivity (Wildman–Crippen MR) is 46.9 cm³/mol. The molecule has 1 aromatic heterocycles. The minimum atomic E-state index is -5.03. The van der Waals surface area contributed by atoms with Gasteiger partial charge in [0.05, 0.1) is 5.56 Å². The molecule has 0 fully saturated rings. The highest BCUT2D eigenvalue weighted by atomic mass is 127. The van der Waals surface area contributed by atoms with E-state index < -0.39 is 33.2 Å². The second-order valence-electron chi connectivity index (χ2n) is 2.49. The maximum Gasteiger partial charge on any atom is 0.421 e. The molecule has 1 aromatic rings. The molecule has 0 amide bonds. The summed E-state index contributed by atoms with van der Waals surface area (Å²) in [4.78, 5) is 3.07. The second-order valence-corrected chi connectivity index (χ2v) is 3.51. The number of nitrogens with zero attached hydrogens (tertiary/aromatic N) is 1. The van der Waals surface area contributed by atoms with Crippen LogP contribution in [0.2, 0.25) is 0 Å². The molecule has 0 aliphatic heterocycles. The molecule has 84 valence electrons. The summed E-state index contributed by atoms with van der Waals surface area (Å²) in [5.41, 5.74) is -3.09. The van der Waals surface area contributed by atoms with Crippen LogP contribution in [-0.2, 0) is 6.18 Å². The van der Waals surface area contributed by atoms with Gasteiger partial charge in [-0.15, -0.1) is 0 Å². The number of hydrogen-bond acceptors (Lipinski definition) is 1. The predicted octanol–water partition coefficient (Wildman–Crippen LogP) is 3.78. The van der Waals surface area contributed by atoms with Crippen LogP contribution in [0.15, 0.2) is 6.20 Å². The first-order valence-corrected chi connectivity index (χ1v) is 4.52. The van der Waals surface area contributed by atoms with Gasteiger partial charge in [-0.2, -0.15) is 13.2 Å². The van der Waals surface area contributed by atoms with Crippen LogP contribution in [0.4, 0.5) is 26.3 Å². The monoisotopic (exact) mass is 341 g/mol. The molecule has 0 unspecified atom stereocenters.